The third-order valence-corrected chi connectivity index (χ3v) is 6.30. The molecule has 30 heavy (non-hydrogen) atoms. The maximum Gasteiger partial charge on any atom is 0.276 e. The van der Waals surface area contributed by atoms with Crippen LogP contribution in [-0.4, -0.2) is 51.0 Å². The maximum atomic E-state index is 12.9. The Labute approximate surface area is 173 Å². The van der Waals surface area contributed by atoms with E-state index >= 15 is 0 Å². The molecule has 2 aliphatic heterocycles. The number of hydrogen-bond donors (Lipinski definition) is 1. The van der Waals surface area contributed by atoms with Crippen LogP contribution in [0.25, 0.3) is 0 Å². The van der Waals surface area contributed by atoms with E-state index in [0.29, 0.717) is 25.2 Å². The van der Waals surface area contributed by atoms with Crippen molar-refractivity contribution in [1.82, 2.24) is 24.9 Å². The van der Waals surface area contributed by atoms with Crippen molar-refractivity contribution < 1.29 is 9.53 Å². The van der Waals surface area contributed by atoms with Crippen LogP contribution in [-0.2, 0) is 6.42 Å². The van der Waals surface area contributed by atoms with Crippen LogP contribution < -0.4 is 10.3 Å². The lowest BCUT2D eigenvalue weighted by molar-refractivity contribution is 0.0523. The molecule has 1 fully saturated rings. The highest BCUT2D eigenvalue weighted by molar-refractivity contribution is 5.92. The van der Waals surface area contributed by atoms with Crippen molar-refractivity contribution in [1.29, 1.82) is 0 Å². The number of nitrogens with zero attached hydrogens (tertiary/aromatic N) is 4. The van der Waals surface area contributed by atoms with Crippen molar-refractivity contribution in [2.45, 2.75) is 24.8 Å². The highest BCUT2D eigenvalue weighted by Crippen LogP contribution is 2.42. The van der Waals surface area contributed by atoms with Gasteiger partial charge in [-0.1, -0.05) is 18.2 Å². The predicted octanol–water partition coefficient (Wildman–Crippen LogP) is 2.02. The Hall–Kier alpha value is -3.42. The molecule has 0 saturated carbocycles. The summed E-state index contributed by atoms with van der Waals surface area (Å²) in [5.41, 5.74) is 2.46. The lowest BCUT2D eigenvalue weighted by atomic mass is 9.76. The number of methoxy groups -OCH3 is 1. The van der Waals surface area contributed by atoms with Gasteiger partial charge in [0.05, 0.1) is 13.3 Å². The molecule has 2 aliphatic rings. The number of aromatic nitrogens is 4. The molecular formula is C22H23N5O3. The average molecular weight is 405 g/mol. The molecule has 3 aromatic rings. The molecule has 1 amide bonds. The van der Waals surface area contributed by atoms with Gasteiger partial charge in [0.25, 0.3) is 11.5 Å². The summed E-state index contributed by atoms with van der Waals surface area (Å²) in [6.45, 7) is 1.18. The first kappa shape index (κ1) is 18.6. The zero-order chi connectivity index (χ0) is 20.7. The summed E-state index contributed by atoms with van der Waals surface area (Å²) in [5.74, 6) is 0.993. The summed E-state index contributed by atoms with van der Waals surface area (Å²) >= 11 is 0. The third kappa shape index (κ3) is 3.18. The van der Waals surface area contributed by atoms with Gasteiger partial charge >= 0.3 is 0 Å². The Morgan fingerprint density at radius 2 is 2.10 bits per heavy atom. The number of aromatic amines is 1. The number of rotatable bonds is 4. The van der Waals surface area contributed by atoms with Crippen LogP contribution in [0.15, 0.2) is 53.5 Å². The van der Waals surface area contributed by atoms with Crippen LogP contribution in [0.5, 0.6) is 5.75 Å². The van der Waals surface area contributed by atoms with Crippen LogP contribution >= 0.6 is 0 Å². The van der Waals surface area contributed by atoms with Crippen LogP contribution in [0.2, 0.25) is 0 Å². The first-order chi connectivity index (χ1) is 14.6. The molecule has 5 rings (SSSR count). The predicted molar refractivity (Wildman–Crippen MR) is 110 cm³/mol. The van der Waals surface area contributed by atoms with Gasteiger partial charge in [-0.15, -0.1) is 0 Å². The van der Waals surface area contributed by atoms with Gasteiger partial charge in [0.15, 0.2) is 5.69 Å². The van der Waals surface area contributed by atoms with Gasteiger partial charge in [-0.3, -0.25) is 9.59 Å². The Kier molecular flexibility index (Phi) is 4.61. The van der Waals surface area contributed by atoms with E-state index in [2.05, 4.69) is 21.5 Å². The van der Waals surface area contributed by atoms with E-state index in [1.807, 2.05) is 39.8 Å². The minimum absolute atomic E-state index is 0.0198. The normalized spacial score (nSPS) is 22.4. The van der Waals surface area contributed by atoms with Crippen LogP contribution in [0, 0.1) is 5.92 Å². The van der Waals surface area contributed by atoms with Gasteiger partial charge in [-0.25, -0.2) is 0 Å². The lowest BCUT2D eigenvalue weighted by Crippen LogP contribution is -2.51. The molecule has 8 heteroatoms. The molecule has 1 aromatic carbocycles. The lowest BCUT2D eigenvalue weighted by Gasteiger charge is -2.47. The zero-order valence-electron chi connectivity index (χ0n) is 16.7. The summed E-state index contributed by atoms with van der Waals surface area (Å²) in [6, 6.07) is 13.4. The topological polar surface area (TPSA) is 93.1 Å². The first-order valence-corrected chi connectivity index (χ1v) is 10.1. The Balaban J connectivity index is 1.52. The van der Waals surface area contributed by atoms with Gasteiger partial charge < -0.3 is 14.2 Å². The number of ether oxygens (including phenoxy) is 1. The van der Waals surface area contributed by atoms with Gasteiger partial charge in [0.2, 0.25) is 0 Å². The van der Waals surface area contributed by atoms with Gasteiger partial charge in [-0.2, -0.15) is 15.4 Å². The molecule has 3 atom stereocenters. The molecular weight excluding hydrogens is 382 g/mol. The number of nitrogens with one attached hydrogen (secondary N) is 1. The summed E-state index contributed by atoms with van der Waals surface area (Å²) in [5, 5.41) is 10.2. The van der Waals surface area contributed by atoms with Crippen molar-refractivity contribution in [3.8, 4) is 5.75 Å². The molecule has 4 heterocycles. The molecule has 0 unspecified atom stereocenters. The third-order valence-electron chi connectivity index (χ3n) is 6.30. The number of fused-ring (bicyclic) bond motifs is 4. The second kappa shape index (κ2) is 7.44. The van der Waals surface area contributed by atoms with Gasteiger partial charge in [0.1, 0.15) is 5.75 Å². The average Bonchev–Trinajstić information content (AvgIpc) is 3.31. The van der Waals surface area contributed by atoms with Crippen molar-refractivity contribution >= 4 is 5.91 Å². The van der Waals surface area contributed by atoms with Crippen LogP contribution in [0.4, 0.5) is 0 Å². The summed E-state index contributed by atoms with van der Waals surface area (Å²) in [6.07, 6.45) is 3.12. The number of piperidine rings is 1. The molecule has 0 aliphatic carbocycles. The number of carbonyl (C=O) groups excluding carboxylic acids is 1. The zero-order valence-corrected chi connectivity index (χ0v) is 16.7. The highest BCUT2D eigenvalue weighted by Gasteiger charge is 2.42. The van der Waals surface area contributed by atoms with E-state index < -0.39 is 0 Å². The molecule has 0 spiro atoms. The summed E-state index contributed by atoms with van der Waals surface area (Å²) < 4.78 is 7.33. The smallest absolute Gasteiger partial charge is 0.276 e. The van der Waals surface area contributed by atoms with E-state index in [1.165, 1.54) is 6.20 Å². The van der Waals surface area contributed by atoms with Crippen molar-refractivity contribution in [3.63, 3.8) is 0 Å². The SMILES string of the molecule is COc1cccc(C[C@H]2[C@H]3C[C@H](CN(C(=O)c4cn[nH]n4)C3)c3cccc(=O)n32)c1. The maximum absolute atomic E-state index is 12.9. The van der Waals surface area contributed by atoms with Crippen LogP contribution in [0.1, 0.15) is 40.1 Å². The van der Waals surface area contributed by atoms with Gasteiger partial charge in [0, 0.05) is 36.8 Å². The van der Waals surface area contributed by atoms with E-state index in [0.717, 1.165) is 23.4 Å². The number of hydrogen-bond acceptors (Lipinski definition) is 5. The van der Waals surface area contributed by atoms with E-state index in [9.17, 15) is 9.59 Å². The van der Waals surface area contributed by atoms with Crippen molar-refractivity contribution in [3.05, 3.63) is 76.0 Å². The van der Waals surface area contributed by atoms with Gasteiger partial charge in [-0.05, 0) is 42.5 Å². The summed E-state index contributed by atoms with van der Waals surface area (Å²) in [7, 11) is 1.65. The van der Waals surface area contributed by atoms with Crippen molar-refractivity contribution in [2.75, 3.05) is 20.2 Å². The standard InChI is InChI=1S/C22H23N5O3/c1-30-17-5-2-4-14(8-17)9-20-16-10-15(19-6-3-7-21(28)27(19)20)12-26(13-16)22(29)18-11-23-25-24-18/h2-8,11,15-16,20H,9-10,12-13H2,1H3,(H,23,24,25)/t15-,16+,20+/m1/s1. The first-order valence-electron chi connectivity index (χ1n) is 10.1. The Morgan fingerprint density at radius 1 is 1.23 bits per heavy atom. The fraction of sp³-hybridized carbons (Fsp3) is 0.364. The quantitative estimate of drug-likeness (QED) is 0.717. The molecule has 2 bridgehead atoms. The highest BCUT2D eigenvalue weighted by atomic mass is 16.5. The number of H-pyrrole nitrogens is 1. The minimum atomic E-state index is -0.120. The fourth-order valence-corrected chi connectivity index (χ4v) is 4.98. The van der Waals surface area contributed by atoms with E-state index in [1.54, 1.807) is 13.2 Å². The summed E-state index contributed by atoms with van der Waals surface area (Å²) in [4.78, 5) is 27.7. The van der Waals surface area contributed by atoms with Crippen LogP contribution in [0.3, 0.4) is 0 Å². The minimum Gasteiger partial charge on any atom is -0.497 e. The Morgan fingerprint density at radius 3 is 2.90 bits per heavy atom. The molecule has 0 radical (unpaired) electrons. The van der Waals surface area contributed by atoms with Crippen molar-refractivity contribution in [2.24, 2.45) is 5.92 Å². The second-order valence-corrected chi connectivity index (χ2v) is 8.04. The van der Waals surface area contributed by atoms with E-state index in [-0.39, 0.29) is 29.3 Å². The molecule has 8 nitrogen and oxygen atoms in total. The molecule has 1 saturated heterocycles. The number of benzene rings is 1. The molecule has 2 aromatic heterocycles. The number of amides is 1. The molecule has 1 N–H and O–H groups in total. The Bertz CT molecular complexity index is 1120. The number of carbonyl (C=O) groups is 1. The molecule has 154 valence electrons. The van der Waals surface area contributed by atoms with E-state index in [4.69, 9.17) is 4.74 Å². The largest absolute Gasteiger partial charge is 0.497 e. The number of likely N-dealkylation sites (tertiary alicyclic amines) is 1. The monoisotopic (exact) mass is 405 g/mol. The number of pyridine rings is 1. The fourth-order valence-electron chi connectivity index (χ4n) is 4.98. The second-order valence-electron chi connectivity index (χ2n) is 8.04.